The van der Waals surface area contributed by atoms with Crippen molar-refractivity contribution in [2.24, 2.45) is 0 Å². The van der Waals surface area contributed by atoms with E-state index in [-0.39, 0.29) is 6.61 Å². The number of aryl methyl sites for hydroxylation is 1. The third-order valence-electron chi connectivity index (χ3n) is 2.13. The number of aliphatic hydroxyl groups excluding tert-OH is 1. The second-order valence-corrected chi connectivity index (χ2v) is 3.70. The standard InChI is InChI=1S/C11H18N2O2/c1-9-10(8-14)4-5-11(12-9)15-7-6-13(2)3/h4-5,14H,6-8H2,1-3H3. The van der Waals surface area contributed by atoms with E-state index < -0.39 is 0 Å². The average molecular weight is 210 g/mol. The first-order chi connectivity index (χ1) is 7.13. The van der Waals surface area contributed by atoms with Crippen LogP contribution in [0.25, 0.3) is 0 Å². The fraction of sp³-hybridized carbons (Fsp3) is 0.545. The van der Waals surface area contributed by atoms with Crippen molar-refractivity contribution in [3.8, 4) is 5.88 Å². The molecule has 4 nitrogen and oxygen atoms in total. The van der Waals surface area contributed by atoms with Crippen LogP contribution in [0.3, 0.4) is 0 Å². The lowest BCUT2D eigenvalue weighted by Crippen LogP contribution is -2.19. The third-order valence-corrected chi connectivity index (χ3v) is 2.13. The molecule has 1 heterocycles. The molecule has 0 aromatic carbocycles. The Hall–Kier alpha value is -1.13. The van der Waals surface area contributed by atoms with Crippen molar-refractivity contribution >= 4 is 0 Å². The van der Waals surface area contributed by atoms with Gasteiger partial charge in [0.1, 0.15) is 6.61 Å². The van der Waals surface area contributed by atoms with Crippen molar-refractivity contribution in [2.75, 3.05) is 27.2 Å². The van der Waals surface area contributed by atoms with E-state index >= 15 is 0 Å². The Labute approximate surface area is 90.5 Å². The summed E-state index contributed by atoms with van der Waals surface area (Å²) in [7, 11) is 3.99. The first kappa shape index (κ1) is 11.9. The summed E-state index contributed by atoms with van der Waals surface area (Å²) >= 11 is 0. The summed E-state index contributed by atoms with van der Waals surface area (Å²) in [5.41, 5.74) is 1.66. The van der Waals surface area contributed by atoms with Gasteiger partial charge in [-0.25, -0.2) is 4.98 Å². The van der Waals surface area contributed by atoms with Crippen LogP contribution in [0.5, 0.6) is 5.88 Å². The minimum absolute atomic E-state index is 0.0246. The van der Waals surface area contributed by atoms with Crippen molar-refractivity contribution in [1.82, 2.24) is 9.88 Å². The van der Waals surface area contributed by atoms with Gasteiger partial charge in [-0.3, -0.25) is 0 Å². The zero-order chi connectivity index (χ0) is 11.3. The number of pyridine rings is 1. The van der Waals surface area contributed by atoms with E-state index in [0.29, 0.717) is 12.5 Å². The number of aromatic nitrogens is 1. The molecule has 15 heavy (non-hydrogen) atoms. The quantitative estimate of drug-likeness (QED) is 0.781. The molecular weight excluding hydrogens is 192 g/mol. The fourth-order valence-corrected chi connectivity index (χ4v) is 1.15. The molecule has 0 aliphatic rings. The Morgan fingerprint density at radius 1 is 1.40 bits per heavy atom. The number of ether oxygens (including phenoxy) is 1. The Morgan fingerprint density at radius 2 is 2.13 bits per heavy atom. The normalized spacial score (nSPS) is 10.7. The molecule has 0 saturated heterocycles. The van der Waals surface area contributed by atoms with Gasteiger partial charge < -0.3 is 14.7 Å². The number of hydrogen-bond acceptors (Lipinski definition) is 4. The number of aliphatic hydroxyl groups is 1. The van der Waals surface area contributed by atoms with E-state index in [1.165, 1.54) is 0 Å². The molecule has 0 aliphatic carbocycles. The molecular formula is C11H18N2O2. The van der Waals surface area contributed by atoms with Gasteiger partial charge in [0.05, 0.1) is 6.61 Å². The Kier molecular flexibility index (Phi) is 4.52. The van der Waals surface area contributed by atoms with Gasteiger partial charge in [-0.1, -0.05) is 0 Å². The second kappa shape index (κ2) is 5.68. The highest BCUT2D eigenvalue weighted by Gasteiger charge is 2.01. The van der Waals surface area contributed by atoms with Gasteiger partial charge in [0.15, 0.2) is 0 Å². The number of likely N-dealkylation sites (N-methyl/N-ethyl adjacent to an activating group) is 1. The van der Waals surface area contributed by atoms with Gasteiger partial charge in [-0.15, -0.1) is 0 Å². The van der Waals surface area contributed by atoms with Crippen LogP contribution in [0.1, 0.15) is 11.3 Å². The first-order valence-electron chi connectivity index (χ1n) is 4.98. The highest BCUT2D eigenvalue weighted by molar-refractivity contribution is 5.24. The predicted molar refractivity (Wildman–Crippen MR) is 58.9 cm³/mol. The van der Waals surface area contributed by atoms with Crippen LogP contribution in [-0.4, -0.2) is 42.2 Å². The molecule has 0 atom stereocenters. The van der Waals surface area contributed by atoms with Crippen LogP contribution < -0.4 is 4.74 Å². The summed E-state index contributed by atoms with van der Waals surface area (Å²) in [5.74, 6) is 0.617. The van der Waals surface area contributed by atoms with Crippen LogP contribution in [0.15, 0.2) is 12.1 Å². The number of nitrogens with zero attached hydrogens (tertiary/aromatic N) is 2. The first-order valence-corrected chi connectivity index (χ1v) is 4.98. The Balaban J connectivity index is 2.52. The summed E-state index contributed by atoms with van der Waals surface area (Å²) in [6, 6.07) is 3.63. The van der Waals surface area contributed by atoms with E-state index in [2.05, 4.69) is 9.88 Å². The molecule has 0 amide bonds. The molecule has 0 fully saturated rings. The molecule has 0 saturated carbocycles. The zero-order valence-electron chi connectivity index (χ0n) is 9.53. The number of rotatable bonds is 5. The summed E-state index contributed by atoms with van der Waals surface area (Å²) in [6.45, 7) is 3.38. The van der Waals surface area contributed by atoms with E-state index in [1.54, 1.807) is 6.07 Å². The topological polar surface area (TPSA) is 45.6 Å². The molecule has 84 valence electrons. The average Bonchev–Trinajstić information content (AvgIpc) is 2.17. The predicted octanol–water partition coefficient (Wildman–Crippen LogP) is 0.823. The Morgan fingerprint density at radius 3 is 2.67 bits per heavy atom. The fourth-order valence-electron chi connectivity index (χ4n) is 1.15. The molecule has 0 radical (unpaired) electrons. The SMILES string of the molecule is Cc1nc(OCCN(C)C)ccc1CO. The van der Waals surface area contributed by atoms with Gasteiger partial charge in [-0.05, 0) is 32.6 Å². The third kappa shape index (κ3) is 3.85. The van der Waals surface area contributed by atoms with Crippen LogP contribution in [0.4, 0.5) is 0 Å². The molecule has 1 aromatic heterocycles. The van der Waals surface area contributed by atoms with Crippen LogP contribution in [0, 0.1) is 6.92 Å². The second-order valence-electron chi connectivity index (χ2n) is 3.70. The minimum Gasteiger partial charge on any atom is -0.476 e. The zero-order valence-corrected chi connectivity index (χ0v) is 9.53. The lowest BCUT2D eigenvalue weighted by atomic mass is 10.2. The minimum atomic E-state index is 0.0246. The van der Waals surface area contributed by atoms with Gasteiger partial charge in [0.25, 0.3) is 0 Å². The van der Waals surface area contributed by atoms with Crippen LogP contribution in [0.2, 0.25) is 0 Å². The molecule has 1 aromatic rings. The summed E-state index contributed by atoms with van der Waals surface area (Å²) in [5, 5.41) is 8.97. The van der Waals surface area contributed by atoms with Crippen LogP contribution in [-0.2, 0) is 6.61 Å². The van der Waals surface area contributed by atoms with Crippen molar-refractivity contribution in [3.63, 3.8) is 0 Å². The highest BCUT2D eigenvalue weighted by Crippen LogP contribution is 2.12. The van der Waals surface area contributed by atoms with Gasteiger partial charge in [0.2, 0.25) is 5.88 Å². The lowest BCUT2D eigenvalue weighted by Gasteiger charge is -2.11. The monoisotopic (exact) mass is 210 g/mol. The smallest absolute Gasteiger partial charge is 0.213 e. The van der Waals surface area contributed by atoms with E-state index in [1.807, 2.05) is 27.1 Å². The van der Waals surface area contributed by atoms with Crippen molar-refractivity contribution in [1.29, 1.82) is 0 Å². The molecule has 0 aliphatic heterocycles. The maximum absolute atomic E-state index is 8.97. The summed E-state index contributed by atoms with van der Waals surface area (Å²) < 4.78 is 5.46. The highest BCUT2D eigenvalue weighted by atomic mass is 16.5. The van der Waals surface area contributed by atoms with E-state index in [4.69, 9.17) is 9.84 Å². The molecule has 0 unspecified atom stereocenters. The number of hydrogen-bond donors (Lipinski definition) is 1. The van der Waals surface area contributed by atoms with Crippen molar-refractivity contribution in [2.45, 2.75) is 13.5 Å². The summed E-state index contributed by atoms with van der Waals surface area (Å²) in [4.78, 5) is 6.29. The lowest BCUT2D eigenvalue weighted by molar-refractivity contribution is 0.252. The molecule has 0 spiro atoms. The maximum Gasteiger partial charge on any atom is 0.213 e. The van der Waals surface area contributed by atoms with Gasteiger partial charge in [0, 0.05) is 18.3 Å². The Bertz CT molecular complexity index is 313. The maximum atomic E-state index is 8.97. The molecule has 1 N–H and O–H groups in total. The molecule has 0 bridgehead atoms. The van der Waals surface area contributed by atoms with E-state index in [0.717, 1.165) is 17.8 Å². The van der Waals surface area contributed by atoms with Gasteiger partial charge in [-0.2, -0.15) is 0 Å². The largest absolute Gasteiger partial charge is 0.476 e. The van der Waals surface area contributed by atoms with Crippen molar-refractivity contribution in [3.05, 3.63) is 23.4 Å². The van der Waals surface area contributed by atoms with Gasteiger partial charge >= 0.3 is 0 Å². The molecule has 1 rings (SSSR count). The van der Waals surface area contributed by atoms with E-state index in [9.17, 15) is 0 Å². The van der Waals surface area contributed by atoms with Crippen molar-refractivity contribution < 1.29 is 9.84 Å². The van der Waals surface area contributed by atoms with Crippen LogP contribution >= 0.6 is 0 Å². The molecule has 4 heteroatoms. The summed E-state index contributed by atoms with van der Waals surface area (Å²) in [6.07, 6.45) is 0.